The first-order chi connectivity index (χ1) is 9.13. The lowest BCUT2D eigenvalue weighted by Crippen LogP contribution is -2.45. The first-order valence-corrected chi connectivity index (χ1v) is 7.01. The number of aromatic nitrogens is 3. The maximum Gasteiger partial charge on any atom is 0.237 e. The Bertz CT molecular complexity index is 352. The number of amides is 1. The van der Waals surface area contributed by atoms with Gasteiger partial charge in [-0.2, -0.15) is 0 Å². The summed E-state index contributed by atoms with van der Waals surface area (Å²) in [4.78, 5) is 11.8. The van der Waals surface area contributed by atoms with Crippen LogP contribution in [0, 0.1) is 0 Å². The molecule has 2 unspecified atom stereocenters. The van der Waals surface area contributed by atoms with E-state index in [0.29, 0.717) is 0 Å². The van der Waals surface area contributed by atoms with Gasteiger partial charge in [-0.25, -0.2) is 0 Å². The summed E-state index contributed by atoms with van der Waals surface area (Å²) in [5.41, 5.74) is 0. The van der Waals surface area contributed by atoms with E-state index in [0.717, 1.165) is 32.4 Å². The van der Waals surface area contributed by atoms with E-state index < -0.39 is 0 Å². The molecular weight excluding hydrogens is 242 g/mol. The van der Waals surface area contributed by atoms with Crippen LogP contribution in [0.1, 0.15) is 40.0 Å². The molecule has 0 aliphatic heterocycles. The first-order valence-electron chi connectivity index (χ1n) is 7.01. The third-order valence-electron chi connectivity index (χ3n) is 2.99. The third kappa shape index (κ3) is 6.33. The molecule has 0 fully saturated rings. The number of nitrogens with one attached hydrogen (secondary N) is 2. The standard InChI is InChI=1S/C13H25N5O/c1-4-6-11(2)16-13(19)12(3)14-7-5-9-18-10-8-15-17-18/h8,10-12,14H,4-7,9H2,1-3H3,(H,16,19). The maximum atomic E-state index is 11.8. The number of hydrogen-bond acceptors (Lipinski definition) is 4. The van der Waals surface area contributed by atoms with Gasteiger partial charge in [-0.05, 0) is 33.2 Å². The van der Waals surface area contributed by atoms with Crippen LogP contribution in [-0.2, 0) is 11.3 Å². The van der Waals surface area contributed by atoms with Crippen molar-refractivity contribution in [2.24, 2.45) is 0 Å². The smallest absolute Gasteiger partial charge is 0.237 e. The number of carbonyl (C=O) groups is 1. The summed E-state index contributed by atoms with van der Waals surface area (Å²) >= 11 is 0. The SMILES string of the molecule is CCCC(C)NC(=O)C(C)NCCCn1ccnn1. The van der Waals surface area contributed by atoms with Crippen molar-refractivity contribution in [1.29, 1.82) is 0 Å². The van der Waals surface area contributed by atoms with Gasteiger partial charge in [0.05, 0.1) is 12.2 Å². The van der Waals surface area contributed by atoms with Crippen LogP contribution < -0.4 is 10.6 Å². The van der Waals surface area contributed by atoms with E-state index in [-0.39, 0.29) is 18.0 Å². The van der Waals surface area contributed by atoms with Crippen molar-refractivity contribution >= 4 is 5.91 Å². The number of nitrogens with zero attached hydrogens (tertiary/aromatic N) is 3. The molecule has 0 spiro atoms. The van der Waals surface area contributed by atoms with Gasteiger partial charge in [-0.15, -0.1) is 5.10 Å². The average Bonchev–Trinajstić information content (AvgIpc) is 2.87. The molecule has 1 amide bonds. The zero-order valence-corrected chi connectivity index (χ0v) is 12.1. The van der Waals surface area contributed by atoms with Gasteiger partial charge in [-0.3, -0.25) is 9.48 Å². The molecule has 1 rings (SSSR count). The molecule has 2 N–H and O–H groups in total. The zero-order chi connectivity index (χ0) is 14.1. The monoisotopic (exact) mass is 267 g/mol. The largest absolute Gasteiger partial charge is 0.352 e. The maximum absolute atomic E-state index is 11.8. The molecular formula is C13H25N5O. The Morgan fingerprint density at radius 1 is 1.42 bits per heavy atom. The Labute approximate surface area is 115 Å². The predicted molar refractivity (Wildman–Crippen MR) is 74.6 cm³/mol. The first kappa shape index (κ1) is 15.6. The van der Waals surface area contributed by atoms with Gasteiger partial charge in [0.2, 0.25) is 5.91 Å². The highest BCUT2D eigenvalue weighted by Crippen LogP contribution is 1.96. The Morgan fingerprint density at radius 3 is 2.84 bits per heavy atom. The lowest BCUT2D eigenvalue weighted by atomic mass is 10.2. The second-order valence-electron chi connectivity index (χ2n) is 4.89. The van der Waals surface area contributed by atoms with Crippen molar-refractivity contribution in [1.82, 2.24) is 25.6 Å². The normalized spacial score (nSPS) is 14.1. The summed E-state index contributed by atoms with van der Waals surface area (Å²) in [5, 5.41) is 13.9. The van der Waals surface area contributed by atoms with Gasteiger partial charge in [-0.1, -0.05) is 18.6 Å². The zero-order valence-electron chi connectivity index (χ0n) is 12.1. The Balaban J connectivity index is 2.12. The molecule has 0 aromatic carbocycles. The number of hydrogen-bond donors (Lipinski definition) is 2. The van der Waals surface area contributed by atoms with Crippen LogP contribution in [0.3, 0.4) is 0 Å². The van der Waals surface area contributed by atoms with Crippen molar-refractivity contribution in [2.45, 2.75) is 58.7 Å². The predicted octanol–water partition coefficient (Wildman–Crippen LogP) is 0.951. The molecule has 1 aromatic heterocycles. The van der Waals surface area contributed by atoms with Crippen LogP contribution in [0.5, 0.6) is 0 Å². The summed E-state index contributed by atoms with van der Waals surface area (Å²) in [6.07, 6.45) is 6.53. The lowest BCUT2D eigenvalue weighted by molar-refractivity contribution is -0.123. The lowest BCUT2D eigenvalue weighted by Gasteiger charge is -2.18. The topological polar surface area (TPSA) is 71.8 Å². The van der Waals surface area contributed by atoms with Gasteiger partial charge >= 0.3 is 0 Å². The van der Waals surface area contributed by atoms with E-state index in [2.05, 4.69) is 27.9 Å². The molecule has 0 saturated heterocycles. The fourth-order valence-corrected chi connectivity index (χ4v) is 1.88. The van der Waals surface area contributed by atoms with Crippen LogP contribution in [0.25, 0.3) is 0 Å². The van der Waals surface area contributed by atoms with E-state index in [4.69, 9.17) is 0 Å². The van der Waals surface area contributed by atoms with Gasteiger partial charge in [0.1, 0.15) is 0 Å². The highest BCUT2D eigenvalue weighted by molar-refractivity contribution is 5.81. The summed E-state index contributed by atoms with van der Waals surface area (Å²) < 4.78 is 1.79. The highest BCUT2D eigenvalue weighted by atomic mass is 16.2. The minimum absolute atomic E-state index is 0.0710. The molecule has 0 radical (unpaired) electrons. The van der Waals surface area contributed by atoms with Crippen LogP contribution in [-0.4, -0.2) is 39.5 Å². The fourth-order valence-electron chi connectivity index (χ4n) is 1.88. The molecule has 2 atom stereocenters. The number of carbonyl (C=O) groups excluding carboxylic acids is 1. The van der Waals surface area contributed by atoms with E-state index in [9.17, 15) is 4.79 Å². The molecule has 19 heavy (non-hydrogen) atoms. The van der Waals surface area contributed by atoms with Crippen molar-refractivity contribution in [2.75, 3.05) is 6.54 Å². The van der Waals surface area contributed by atoms with Gasteiger partial charge in [0.15, 0.2) is 0 Å². The second-order valence-corrected chi connectivity index (χ2v) is 4.89. The highest BCUT2D eigenvalue weighted by Gasteiger charge is 2.13. The number of aryl methyl sites for hydroxylation is 1. The van der Waals surface area contributed by atoms with Crippen molar-refractivity contribution in [3.63, 3.8) is 0 Å². The second kappa shape index (κ2) is 8.63. The minimum atomic E-state index is -0.157. The van der Waals surface area contributed by atoms with Crippen LogP contribution in [0.4, 0.5) is 0 Å². The molecule has 1 aromatic rings. The summed E-state index contributed by atoms with van der Waals surface area (Å²) in [7, 11) is 0. The molecule has 108 valence electrons. The molecule has 0 bridgehead atoms. The number of rotatable bonds is 9. The van der Waals surface area contributed by atoms with Gasteiger partial charge in [0, 0.05) is 18.8 Å². The van der Waals surface area contributed by atoms with Crippen LogP contribution in [0.15, 0.2) is 12.4 Å². The van der Waals surface area contributed by atoms with Gasteiger partial charge < -0.3 is 10.6 Å². The molecule has 0 saturated carbocycles. The summed E-state index contributed by atoms with van der Waals surface area (Å²) in [6.45, 7) is 7.65. The van der Waals surface area contributed by atoms with E-state index in [1.165, 1.54) is 0 Å². The third-order valence-corrected chi connectivity index (χ3v) is 2.99. The molecule has 1 heterocycles. The van der Waals surface area contributed by atoms with Crippen molar-refractivity contribution in [3.05, 3.63) is 12.4 Å². The molecule has 0 aliphatic rings. The Hall–Kier alpha value is -1.43. The van der Waals surface area contributed by atoms with Crippen molar-refractivity contribution in [3.8, 4) is 0 Å². The molecule has 6 heteroatoms. The van der Waals surface area contributed by atoms with Crippen molar-refractivity contribution < 1.29 is 4.79 Å². The summed E-state index contributed by atoms with van der Waals surface area (Å²) in [5.74, 6) is 0.0710. The van der Waals surface area contributed by atoms with Gasteiger partial charge in [0.25, 0.3) is 0 Å². The fraction of sp³-hybridized carbons (Fsp3) is 0.769. The van der Waals surface area contributed by atoms with E-state index in [1.807, 2.05) is 20.0 Å². The molecule has 0 aliphatic carbocycles. The Morgan fingerprint density at radius 2 is 2.21 bits per heavy atom. The average molecular weight is 267 g/mol. The quantitative estimate of drug-likeness (QED) is 0.654. The summed E-state index contributed by atoms with van der Waals surface area (Å²) in [6, 6.07) is 0.0898. The van der Waals surface area contributed by atoms with E-state index >= 15 is 0 Å². The van der Waals surface area contributed by atoms with Crippen LogP contribution in [0.2, 0.25) is 0 Å². The van der Waals surface area contributed by atoms with E-state index in [1.54, 1.807) is 10.9 Å². The minimum Gasteiger partial charge on any atom is -0.352 e. The van der Waals surface area contributed by atoms with Crippen LogP contribution >= 0.6 is 0 Å². The molecule has 6 nitrogen and oxygen atoms in total. The Kier molecular flexibility index (Phi) is 7.10.